The molecule has 0 saturated heterocycles. The summed E-state index contributed by atoms with van der Waals surface area (Å²) in [4.78, 5) is 23.8. The minimum Gasteiger partial charge on any atom is -0.272 e. The molecule has 0 saturated carbocycles. The third-order valence-corrected chi connectivity index (χ3v) is 6.99. The molecular formula is C15H24N4O6S2. The van der Waals surface area contributed by atoms with E-state index in [1.165, 1.54) is 35.6 Å². The Bertz CT molecular complexity index is 895. The van der Waals surface area contributed by atoms with Gasteiger partial charge in [0.05, 0.1) is 17.7 Å². The van der Waals surface area contributed by atoms with Crippen LogP contribution in [0.1, 0.15) is 24.2 Å². The van der Waals surface area contributed by atoms with E-state index in [2.05, 4.69) is 10.9 Å². The Labute approximate surface area is 159 Å². The molecule has 0 bridgehead atoms. The number of likely N-dealkylation sites (N-methyl/N-ethyl adjacent to an activating group) is 1. The van der Waals surface area contributed by atoms with Crippen LogP contribution < -0.4 is 10.9 Å². The highest BCUT2D eigenvalue weighted by Gasteiger charge is 2.22. The van der Waals surface area contributed by atoms with Crippen molar-refractivity contribution in [3.63, 3.8) is 0 Å². The monoisotopic (exact) mass is 420 g/mol. The van der Waals surface area contributed by atoms with Crippen LogP contribution >= 0.6 is 0 Å². The smallest absolute Gasteiger partial charge is 0.269 e. The van der Waals surface area contributed by atoms with E-state index in [4.69, 9.17) is 0 Å². The van der Waals surface area contributed by atoms with Crippen LogP contribution in [0, 0.1) is 0 Å². The Hall–Kier alpha value is -2.02. The van der Waals surface area contributed by atoms with Crippen LogP contribution in [0.5, 0.6) is 0 Å². The molecule has 2 amide bonds. The zero-order chi connectivity index (χ0) is 20.8. The summed E-state index contributed by atoms with van der Waals surface area (Å²) in [5, 5.41) is 0. The Balaban J connectivity index is 2.84. The maximum Gasteiger partial charge on any atom is 0.269 e. The average Bonchev–Trinajstić information content (AvgIpc) is 2.59. The first-order chi connectivity index (χ1) is 12.4. The van der Waals surface area contributed by atoms with Gasteiger partial charge in [0.15, 0.2) is 0 Å². The summed E-state index contributed by atoms with van der Waals surface area (Å²) in [7, 11) is -6.04. The van der Waals surface area contributed by atoms with Crippen LogP contribution in [0.2, 0.25) is 0 Å². The SMILES string of the molecule is CCN(CC)S(=O)(=O)c1cccc(C(=O)NNC(=O)CN(C)S(C)(=O)=O)c1. The van der Waals surface area contributed by atoms with Crippen LogP contribution in [0.3, 0.4) is 0 Å². The van der Waals surface area contributed by atoms with Gasteiger partial charge in [-0.1, -0.05) is 19.9 Å². The molecule has 0 unspecified atom stereocenters. The first-order valence-corrected chi connectivity index (χ1v) is 11.3. The Morgan fingerprint density at radius 2 is 1.63 bits per heavy atom. The number of hydrogen-bond acceptors (Lipinski definition) is 6. The highest BCUT2D eigenvalue weighted by molar-refractivity contribution is 7.89. The number of hydrogen-bond donors (Lipinski definition) is 2. The minimum absolute atomic E-state index is 0.0278. The van der Waals surface area contributed by atoms with Gasteiger partial charge in [-0.15, -0.1) is 0 Å². The number of rotatable bonds is 8. The molecule has 0 aliphatic carbocycles. The molecule has 0 fully saturated rings. The first kappa shape index (κ1) is 23.0. The first-order valence-electron chi connectivity index (χ1n) is 8.04. The molecular weight excluding hydrogens is 396 g/mol. The number of carbonyl (C=O) groups excluding carboxylic acids is 2. The van der Waals surface area contributed by atoms with Crippen molar-refractivity contribution in [2.75, 3.05) is 32.9 Å². The Morgan fingerprint density at radius 3 is 2.15 bits per heavy atom. The van der Waals surface area contributed by atoms with Crippen molar-refractivity contribution in [3.05, 3.63) is 29.8 Å². The van der Waals surface area contributed by atoms with Crippen molar-refractivity contribution in [2.45, 2.75) is 18.7 Å². The molecule has 27 heavy (non-hydrogen) atoms. The van der Waals surface area contributed by atoms with E-state index in [0.29, 0.717) is 13.1 Å². The molecule has 1 aromatic rings. The van der Waals surface area contributed by atoms with Crippen LogP contribution in [0.15, 0.2) is 29.2 Å². The predicted octanol–water partition coefficient (Wildman–Crippen LogP) is -0.630. The maximum absolute atomic E-state index is 12.5. The predicted molar refractivity (Wildman–Crippen MR) is 99.6 cm³/mol. The molecule has 0 heterocycles. The zero-order valence-electron chi connectivity index (χ0n) is 15.6. The van der Waals surface area contributed by atoms with Crippen LogP contribution in [-0.2, 0) is 24.8 Å². The molecule has 0 atom stereocenters. The van der Waals surface area contributed by atoms with Gasteiger partial charge in [-0.05, 0) is 18.2 Å². The number of nitrogens with one attached hydrogen (secondary N) is 2. The van der Waals surface area contributed by atoms with E-state index >= 15 is 0 Å². The van der Waals surface area contributed by atoms with Crippen molar-refractivity contribution in [3.8, 4) is 0 Å². The summed E-state index contributed by atoms with van der Waals surface area (Å²) >= 11 is 0. The fraction of sp³-hybridized carbons (Fsp3) is 0.467. The highest BCUT2D eigenvalue weighted by Crippen LogP contribution is 2.16. The second kappa shape index (κ2) is 9.26. The lowest BCUT2D eigenvalue weighted by atomic mass is 10.2. The fourth-order valence-electron chi connectivity index (χ4n) is 2.07. The Morgan fingerprint density at radius 1 is 1.04 bits per heavy atom. The van der Waals surface area contributed by atoms with Gasteiger partial charge < -0.3 is 0 Å². The molecule has 0 spiro atoms. The summed E-state index contributed by atoms with van der Waals surface area (Å²) in [6.07, 6.45) is 0.945. The van der Waals surface area contributed by atoms with E-state index < -0.39 is 38.4 Å². The molecule has 1 aromatic carbocycles. The number of amides is 2. The summed E-state index contributed by atoms with van der Waals surface area (Å²) in [5.74, 6) is -1.48. The van der Waals surface area contributed by atoms with Gasteiger partial charge in [-0.3, -0.25) is 20.4 Å². The van der Waals surface area contributed by atoms with Gasteiger partial charge in [0.25, 0.3) is 11.8 Å². The second-order valence-electron chi connectivity index (χ2n) is 5.64. The van der Waals surface area contributed by atoms with E-state index in [1.807, 2.05) is 0 Å². The van der Waals surface area contributed by atoms with Crippen molar-refractivity contribution in [2.24, 2.45) is 0 Å². The van der Waals surface area contributed by atoms with Gasteiger partial charge in [0.2, 0.25) is 20.0 Å². The van der Waals surface area contributed by atoms with Gasteiger partial charge in [0, 0.05) is 25.7 Å². The Kier molecular flexibility index (Phi) is 7.90. The standard InChI is InChI=1S/C15H24N4O6S2/c1-5-19(6-2)27(24,25)13-9-7-8-12(10-13)15(21)17-16-14(20)11-18(3)26(4,22)23/h7-10H,5-6,11H2,1-4H3,(H,16,20)(H,17,21). The average molecular weight is 421 g/mol. The highest BCUT2D eigenvalue weighted by atomic mass is 32.2. The van der Waals surface area contributed by atoms with E-state index in [0.717, 1.165) is 10.6 Å². The van der Waals surface area contributed by atoms with Gasteiger partial charge in [-0.25, -0.2) is 16.8 Å². The zero-order valence-corrected chi connectivity index (χ0v) is 17.2. The van der Waals surface area contributed by atoms with Crippen LogP contribution in [0.4, 0.5) is 0 Å². The fourth-order valence-corrected chi connectivity index (χ4v) is 3.92. The molecule has 2 N–H and O–H groups in total. The number of nitrogens with zero attached hydrogens (tertiary/aromatic N) is 2. The molecule has 0 aliphatic rings. The summed E-state index contributed by atoms with van der Waals surface area (Å²) < 4.78 is 49.6. The third-order valence-electron chi connectivity index (χ3n) is 3.69. The number of carbonyl (C=O) groups is 2. The summed E-state index contributed by atoms with van der Waals surface area (Å²) in [5.41, 5.74) is 4.23. The molecule has 12 heteroatoms. The largest absolute Gasteiger partial charge is 0.272 e. The number of benzene rings is 1. The number of sulfonamides is 2. The van der Waals surface area contributed by atoms with Crippen molar-refractivity contribution < 1.29 is 26.4 Å². The minimum atomic E-state index is -3.73. The third kappa shape index (κ3) is 6.27. The van der Waals surface area contributed by atoms with Crippen LogP contribution in [-0.4, -0.2) is 70.2 Å². The molecule has 152 valence electrons. The second-order valence-corrected chi connectivity index (χ2v) is 9.67. The van der Waals surface area contributed by atoms with Crippen molar-refractivity contribution in [1.29, 1.82) is 0 Å². The normalized spacial score (nSPS) is 12.2. The molecule has 1 rings (SSSR count). The molecule has 10 nitrogen and oxygen atoms in total. The molecule has 0 aliphatic heterocycles. The van der Waals surface area contributed by atoms with E-state index in [9.17, 15) is 26.4 Å². The lowest BCUT2D eigenvalue weighted by Gasteiger charge is -2.18. The van der Waals surface area contributed by atoms with Crippen molar-refractivity contribution in [1.82, 2.24) is 19.5 Å². The van der Waals surface area contributed by atoms with E-state index in [1.54, 1.807) is 13.8 Å². The summed E-state index contributed by atoms with van der Waals surface area (Å²) in [6, 6.07) is 5.40. The lowest BCUT2D eigenvalue weighted by molar-refractivity contribution is -0.121. The summed E-state index contributed by atoms with van der Waals surface area (Å²) in [6.45, 7) is 3.52. The number of hydrazine groups is 1. The lowest BCUT2D eigenvalue weighted by Crippen LogP contribution is -2.46. The maximum atomic E-state index is 12.5. The molecule has 0 radical (unpaired) electrons. The van der Waals surface area contributed by atoms with Crippen molar-refractivity contribution >= 4 is 31.9 Å². The topological polar surface area (TPSA) is 133 Å². The quantitative estimate of drug-likeness (QED) is 0.538. The van der Waals surface area contributed by atoms with E-state index in [-0.39, 0.29) is 10.5 Å². The van der Waals surface area contributed by atoms with Gasteiger partial charge in [0.1, 0.15) is 0 Å². The molecule has 0 aromatic heterocycles. The van der Waals surface area contributed by atoms with Gasteiger partial charge >= 0.3 is 0 Å². The van der Waals surface area contributed by atoms with Gasteiger partial charge in [-0.2, -0.15) is 8.61 Å². The van der Waals surface area contributed by atoms with Crippen LogP contribution in [0.25, 0.3) is 0 Å².